The van der Waals surface area contributed by atoms with Crippen LogP contribution >= 0.6 is 0 Å². The second-order valence-electron chi connectivity index (χ2n) is 5.77. The molecule has 0 saturated heterocycles. The van der Waals surface area contributed by atoms with Gasteiger partial charge in [-0.25, -0.2) is 0 Å². The molecule has 0 fully saturated rings. The molecule has 26 heavy (non-hydrogen) atoms. The molecule has 0 spiro atoms. The van der Waals surface area contributed by atoms with Crippen LogP contribution in [0.15, 0.2) is 54.6 Å². The Morgan fingerprint density at radius 2 is 1.46 bits per heavy atom. The van der Waals surface area contributed by atoms with Crippen LogP contribution in [0.25, 0.3) is 0 Å². The van der Waals surface area contributed by atoms with Gasteiger partial charge in [0.2, 0.25) is 0 Å². The normalized spacial score (nSPS) is 10.8. The van der Waals surface area contributed by atoms with E-state index in [1.165, 1.54) is 0 Å². The van der Waals surface area contributed by atoms with Crippen molar-refractivity contribution in [1.29, 1.82) is 0 Å². The Balaban J connectivity index is 0.00000338. The molecule has 5 nitrogen and oxygen atoms in total. The first kappa shape index (κ1) is 22.9. The maximum absolute atomic E-state index is 12.3. The number of benzene rings is 2. The van der Waals surface area contributed by atoms with Crippen LogP contribution in [0.1, 0.15) is 43.0 Å². The Morgan fingerprint density at radius 1 is 0.885 bits per heavy atom. The number of hydrogen-bond acceptors (Lipinski definition) is 4. The van der Waals surface area contributed by atoms with Crippen molar-refractivity contribution in [3.05, 3.63) is 65.7 Å². The van der Waals surface area contributed by atoms with E-state index in [0.717, 1.165) is 19.3 Å². The zero-order valence-corrected chi connectivity index (χ0v) is 17.7. The van der Waals surface area contributed by atoms with Crippen LogP contribution < -0.4 is 34.3 Å². The minimum Gasteiger partial charge on any atom is -1.00 e. The molecule has 7 heteroatoms. The predicted octanol–water partition coefficient (Wildman–Crippen LogP) is 0.861. The fourth-order valence-electron chi connectivity index (χ4n) is 2.39. The van der Waals surface area contributed by atoms with Crippen molar-refractivity contribution in [2.45, 2.75) is 25.7 Å². The van der Waals surface area contributed by atoms with Crippen molar-refractivity contribution >= 4 is 15.9 Å². The van der Waals surface area contributed by atoms with Gasteiger partial charge in [0, 0.05) is 11.1 Å². The van der Waals surface area contributed by atoms with Gasteiger partial charge in [-0.15, -0.1) is 0 Å². The van der Waals surface area contributed by atoms with Gasteiger partial charge in [-0.3, -0.25) is 9.35 Å². The summed E-state index contributed by atoms with van der Waals surface area (Å²) in [6.07, 6.45) is 2.82. The summed E-state index contributed by atoms with van der Waals surface area (Å²) in [5.74, 6) is 0.485. The van der Waals surface area contributed by atoms with Gasteiger partial charge in [0.1, 0.15) is 5.75 Å². The third-order valence-electron chi connectivity index (χ3n) is 3.72. The molecule has 0 aromatic heterocycles. The molecule has 0 radical (unpaired) electrons. The quantitative estimate of drug-likeness (QED) is 0.284. The summed E-state index contributed by atoms with van der Waals surface area (Å²) >= 11 is 0. The van der Waals surface area contributed by atoms with Gasteiger partial charge in [0.05, 0.1) is 12.4 Å². The average molecular weight is 386 g/mol. The number of ether oxygens (including phenoxy) is 1. The molecular formula is C19H23NaO5S. The second kappa shape index (κ2) is 11.5. The van der Waals surface area contributed by atoms with Gasteiger partial charge in [0.15, 0.2) is 5.78 Å². The molecule has 1 N–H and O–H groups in total. The molecule has 0 unspecified atom stereocenters. The summed E-state index contributed by atoms with van der Waals surface area (Å²) in [6, 6.07) is 16.2. The van der Waals surface area contributed by atoms with Crippen LogP contribution in [-0.2, 0) is 10.1 Å². The van der Waals surface area contributed by atoms with Crippen molar-refractivity contribution in [2.75, 3.05) is 12.4 Å². The van der Waals surface area contributed by atoms with Gasteiger partial charge in [0.25, 0.3) is 10.1 Å². The number of hydrogen-bond donors (Lipinski definition) is 1. The molecule has 136 valence electrons. The fourth-order valence-corrected chi connectivity index (χ4v) is 2.96. The number of carbonyl (C=O) groups excluding carboxylic acids is 1. The molecule has 0 amide bonds. The second-order valence-corrected chi connectivity index (χ2v) is 7.34. The summed E-state index contributed by atoms with van der Waals surface area (Å²) in [5, 5.41) is 0. The molecule has 2 rings (SSSR count). The molecule has 0 saturated carbocycles. The molecule has 0 heterocycles. The van der Waals surface area contributed by atoms with Crippen LogP contribution in [-0.4, -0.2) is 31.1 Å². The largest absolute Gasteiger partial charge is 1.00 e. The zero-order valence-electron chi connectivity index (χ0n) is 15.9. The van der Waals surface area contributed by atoms with E-state index in [1.54, 1.807) is 36.4 Å². The molecule has 0 atom stereocenters. The SMILES string of the molecule is O=C(c1ccccc1)c1ccc(OCCCCCCS(=O)(=O)O)cc1.[H-].[Na+]. The minimum atomic E-state index is -3.85. The van der Waals surface area contributed by atoms with E-state index in [0.29, 0.717) is 29.9 Å². The maximum Gasteiger partial charge on any atom is 1.00 e. The summed E-state index contributed by atoms with van der Waals surface area (Å²) < 4.78 is 35.4. The van der Waals surface area contributed by atoms with E-state index in [4.69, 9.17) is 9.29 Å². The Kier molecular flexibility index (Phi) is 10.1. The van der Waals surface area contributed by atoms with E-state index in [-0.39, 0.29) is 42.5 Å². The molecule has 2 aromatic rings. The van der Waals surface area contributed by atoms with Crippen LogP contribution in [0.2, 0.25) is 0 Å². The van der Waals surface area contributed by atoms with Crippen molar-refractivity contribution in [3.8, 4) is 5.75 Å². The minimum absolute atomic E-state index is 0. The van der Waals surface area contributed by atoms with E-state index < -0.39 is 10.1 Å². The van der Waals surface area contributed by atoms with Crippen LogP contribution in [0.5, 0.6) is 5.75 Å². The van der Waals surface area contributed by atoms with Gasteiger partial charge in [-0.05, 0) is 37.1 Å². The molecule has 0 bridgehead atoms. The first-order valence-corrected chi connectivity index (χ1v) is 9.84. The van der Waals surface area contributed by atoms with Gasteiger partial charge >= 0.3 is 29.6 Å². The Labute approximate surface area is 178 Å². The molecule has 0 aliphatic heterocycles. The van der Waals surface area contributed by atoms with Crippen molar-refractivity contribution in [3.63, 3.8) is 0 Å². The molecular weight excluding hydrogens is 363 g/mol. The van der Waals surface area contributed by atoms with Gasteiger partial charge in [-0.1, -0.05) is 43.2 Å². The first-order valence-electron chi connectivity index (χ1n) is 8.23. The monoisotopic (exact) mass is 386 g/mol. The summed E-state index contributed by atoms with van der Waals surface area (Å²) in [6.45, 7) is 0.526. The summed E-state index contributed by atoms with van der Waals surface area (Å²) in [5.41, 5.74) is 1.27. The standard InChI is InChI=1S/C19H22O5S.Na.H/c20-19(16-8-4-3-5-9-16)17-10-12-18(13-11-17)24-14-6-1-2-7-15-25(21,22)23;;/h3-5,8-13H,1-2,6-7,14-15H2,(H,21,22,23);;/q;+1;-1. The molecule has 0 aliphatic carbocycles. The predicted molar refractivity (Wildman–Crippen MR) is 97.8 cm³/mol. The maximum atomic E-state index is 12.3. The third kappa shape index (κ3) is 8.47. The van der Waals surface area contributed by atoms with Crippen LogP contribution in [0.3, 0.4) is 0 Å². The number of carbonyl (C=O) groups is 1. The Hall–Kier alpha value is -1.18. The van der Waals surface area contributed by atoms with E-state index in [2.05, 4.69) is 0 Å². The number of unbranched alkanes of at least 4 members (excludes halogenated alkanes) is 3. The van der Waals surface area contributed by atoms with Crippen molar-refractivity contribution < 1.29 is 53.5 Å². The first-order chi connectivity index (χ1) is 12.0. The molecule has 2 aromatic carbocycles. The Bertz CT molecular complexity index is 780. The number of ketones is 1. The summed E-state index contributed by atoms with van der Waals surface area (Å²) in [4.78, 5) is 12.3. The van der Waals surface area contributed by atoms with E-state index in [1.807, 2.05) is 18.2 Å². The zero-order chi connectivity index (χ0) is 18.1. The van der Waals surface area contributed by atoms with Crippen LogP contribution in [0.4, 0.5) is 0 Å². The Morgan fingerprint density at radius 3 is 2.08 bits per heavy atom. The van der Waals surface area contributed by atoms with Gasteiger partial charge < -0.3 is 6.16 Å². The smallest absolute Gasteiger partial charge is 1.00 e. The fraction of sp³-hybridized carbons (Fsp3) is 0.316. The van der Waals surface area contributed by atoms with Crippen LogP contribution in [0, 0.1) is 0 Å². The van der Waals surface area contributed by atoms with Crippen molar-refractivity contribution in [1.82, 2.24) is 0 Å². The summed E-state index contributed by atoms with van der Waals surface area (Å²) in [7, 11) is -3.85. The van der Waals surface area contributed by atoms with E-state index in [9.17, 15) is 13.2 Å². The van der Waals surface area contributed by atoms with E-state index >= 15 is 0 Å². The van der Waals surface area contributed by atoms with Gasteiger partial charge in [-0.2, -0.15) is 8.42 Å². The average Bonchev–Trinajstić information content (AvgIpc) is 2.60. The number of rotatable bonds is 10. The molecule has 0 aliphatic rings. The topological polar surface area (TPSA) is 80.7 Å². The third-order valence-corrected chi connectivity index (χ3v) is 4.52. The van der Waals surface area contributed by atoms with Crippen molar-refractivity contribution in [2.24, 2.45) is 0 Å².